The van der Waals surface area contributed by atoms with Crippen molar-refractivity contribution >= 4 is 23.4 Å². The van der Waals surface area contributed by atoms with E-state index in [2.05, 4.69) is 17.5 Å². The van der Waals surface area contributed by atoms with Crippen LogP contribution in [0.4, 0.5) is 5.69 Å². The lowest BCUT2D eigenvalue weighted by Crippen LogP contribution is -2.49. The summed E-state index contributed by atoms with van der Waals surface area (Å²) in [6.45, 7) is 0. The molecule has 0 spiro atoms. The van der Waals surface area contributed by atoms with E-state index in [0.717, 1.165) is 17.7 Å². The largest absolute Gasteiger partial charge is 0.457 e. The second-order valence-corrected chi connectivity index (χ2v) is 10.8. The third-order valence-corrected chi connectivity index (χ3v) is 8.68. The van der Waals surface area contributed by atoms with Gasteiger partial charge in [0, 0.05) is 12.1 Å². The summed E-state index contributed by atoms with van der Waals surface area (Å²) in [4.78, 5) is 42.6. The second kappa shape index (κ2) is 8.98. The quantitative estimate of drug-likeness (QED) is 0.360. The topological polar surface area (TPSA) is 75.7 Å². The molecular weight excluding hydrogens is 476 g/mol. The van der Waals surface area contributed by atoms with Crippen LogP contribution in [-0.2, 0) is 20.8 Å². The smallest absolute Gasteiger partial charge is 0.248 e. The molecule has 2 saturated carbocycles. The van der Waals surface area contributed by atoms with Gasteiger partial charge in [0.05, 0.1) is 11.8 Å². The monoisotopic (exact) mass is 504 g/mol. The number of likely N-dealkylation sites (tertiary alicyclic amines) is 1. The number of nitrogens with zero attached hydrogens (tertiary/aromatic N) is 1. The van der Waals surface area contributed by atoms with Gasteiger partial charge in [0.25, 0.3) is 0 Å². The molecule has 1 N–H and O–H groups in total. The molecule has 3 amide bonds. The van der Waals surface area contributed by atoms with Crippen LogP contribution in [0.5, 0.6) is 11.5 Å². The number of hydrogen-bond acceptors (Lipinski definition) is 4. The molecule has 1 aliphatic heterocycles. The van der Waals surface area contributed by atoms with Crippen molar-refractivity contribution < 1.29 is 19.1 Å². The number of allylic oxidation sites excluding steroid dienone is 2. The Morgan fingerprint density at radius 2 is 1.34 bits per heavy atom. The van der Waals surface area contributed by atoms with Gasteiger partial charge >= 0.3 is 0 Å². The summed E-state index contributed by atoms with van der Waals surface area (Å²) in [6, 6.07) is 25.2. The molecule has 8 rings (SSSR count). The molecule has 3 aromatic carbocycles. The Morgan fingerprint density at radius 3 is 1.95 bits per heavy atom. The van der Waals surface area contributed by atoms with E-state index in [1.54, 1.807) is 24.3 Å². The zero-order chi connectivity index (χ0) is 25.8. The number of ether oxygens (including phenoxy) is 1. The molecule has 0 radical (unpaired) electrons. The summed E-state index contributed by atoms with van der Waals surface area (Å²) < 4.78 is 5.85. The Hall–Kier alpha value is -4.19. The molecule has 1 saturated heterocycles. The van der Waals surface area contributed by atoms with Crippen LogP contribution in [0, 0.1) is 35.5 Å². The molecular formula is C32H28N2O4. The number of benzene rings is 3. The van der Waals surface area contributed by atoms with Crippen LogP contribution < -0.4 is 10.1 Å². The van der Waals surface area contributed by atoms with Crippen LogP contribution in [0.2, 0.25) is 0 Å². The number of nitrogens with one attached hydrogen (secondary N) is 1. The summed E-state index contributed by atoms with van der Waals surface area (Å²) in [5, 5.41) is 2.95. The lowest BCUT2D eigenvalue weighted by Gasteiger charge is -2.37. The highest BCUT2D eigenvalue weighted by molar-refractivity contribution is 6.10. The van der Waals surface area contributed by atoms with Crippen LogP contribution in [0.15, 0.2) is 97.1 Å². The molecule has 3 aromatic rings. The van der Waals surface area contributed by atoms with Gasteiger partial charge in [-0.15, -0.1) is 0 Å². The average molecular weight is 505 g/mol. The molecule has 5 aliphatic rings. The molecule has 6 heteroatoms. The summed E-state index contributed by atoms with van der Waals surface area (Å²) >= 11 is 0. The number of carbonyl (C=O) groups excluding carboxylic acids is 3. The zero-order valence-corrected chi connectivity index (χ0v) is 20.8. The summed E-state index contributed by atoms with van der Waals surface area (Å²) in [6.07, 6.45) is 5.68. The lowest BCUT2D eigenvalue weighted by molar-refractivity contribution is -0.146. The number of imide groups is 1. The molecule has 1 heterocycles. The minimum absolute atomic E-state index is 0.119. The van der Waals surface area contributed by atoms with Crippen molar-refractivity contribution in [3.05, 3.63) is 103 Å². The first-order valence-corrected chi connectivity index (χ1v) is 13.3. The third-order valence-electron chi connectivity index (χ3n) is 8.68. The summed E-state index contributed by atoms with van der Waals surface area (Å²) in [7, 11) is 0. The van der Waals surface area contributed by atoms with Gasteiger partial charge in [0.15, 0.2) is 0 Å². The van der Waals surface area contributed by atoms with Crippen molar-refractivity contribution in [1.82, 2.24) is 4.90 Å². The first-order valence-electron chi connectivity index (χ1n) is 13.3. The van der Waals surface area contributed by atoms with Gasteiger partial charge in [-0.3, -0.25) is 19.3 Å². The Balaban J connectivity index is 1.14. The predicted molar refractivity (Wildman–Crippen MR) is 142 cm³/mol. The van der Waals surface area contributed by atoms with Crippen LogP contribution in [-0.4, -0.2) is 28.7 Å². The van der Waals surface area contributed by atoms with Gasteiger partial charge in [0.1, 0.15) is 17.5 Å². The van der Waals surface area contributed by atoms with E-state index < -0.39 is 6.04 Å². The van der Waals surface area contributed by atoms with E-state index in [4.69, 9.17) is 4.74 Å². The molecule has 190 valence electrons. The average Bonchev–Trinajstić information content (AvgIpc) is 3.73. The Kier molecular flexibility index (Phi) is 5.43. The maximum absolute atomic E-state index is 13.8. The standard InChI is InChI=1S/C32H28N2O4/c35-30(33-20-11-13-22(14-12-20)38-21-9-5-2-6-10-21)27(17-19-7-3-1-4-8-19)34-31(36)28-23-15-16-24(26-18-25(23)26)29(28)32(34)37/h1-16,23-29H,17-18H2,(H,33,35)/t23-,24-,25-,26-,27-,28+,29+/m1/s1. The van der Waals surface area contributed by atoms with Crippen molar-refractivity contribution in [2.75, 3.05) is 5.32 Å². The fourth-order valence-corrected chi connectivity index (χ4v) is 6.88. The van der Waals surface area contributed by atoms with Gasteiger partial charge < -0.3 is 10.1 Å². The molecule has 0 aromatic heterocycles. The second-order valence-electron chi connectivity index (χ2n) is 10.8. The fraction of sp³-hybridized carbons (Fsp3) is 0.281. The highest BCUT2D eigenvalue weighted by atomic mass is 16.5. The van der Waals surface area contributed by atoms with E-state index in [1.165, 1.54) is 4.90 Å². The SMILES string of the molecule is O=C(Nc1ccc(Oc2ccccc2)cc1)[C@@H](Cc1ccccc1)N1C(=O)[C@H]2[C@@H]3C=C[C@H]([C@H]4C[C@H]34)[C@@H]2C1=O. The van der Waals surface area contributed by atoms with Crippen LogP contribution in [0.25, 0.3) is 0 Å². The number of carbonyl (C=O) groups is 3. The molecule has 7 atom stereocenters. The number of hydrogen-bond donors (Lipinski definition) is 1. The highest BCUT2D eigenvalue weighted by Crippen LogP contribution is 2.65. The van der Waals surface area contributed by atoms with Crippen molar-refractivity contribution in [2.24, 2.45) is 35.5 Å². The van der Waals surface area contributed by atoms with Gasteiger partial charge in [-0.2, -0.15) is 0 Å². The fourth-order valence-electron chi connectivity index (χ4n) is 6.88. The molecule has 0 unspecified atom stereocenters. The van der Waals surface area contributed by atoms with Gasteiger partial charge in [-0.05, 0) is 72.1 Å². The minimum Gasteiger partial charge on any atom is -0.457 e. The van der Waals surface area contributed by atoms with Crippen molar-refractivity contribution in [2.45, 2.75) is 18.9 Å². The number of para-hydroxylation sites is 1. The predicted octanol–water partition coefficient (Wildman–Crippen LogP) is 5.08. The number of amides is 3. The summed E-state index contributed by atoms with van der Waals surface area (Å²) in [5.74, 6) is 1.23. The van der Waals surface area contributed by atoms with Crippen molar-refractivity contribution in [3.8, 4) is 11.5 Å². The summed E-state index contributed by atoms with van der Waals surface area (Å²) in [5.41, 5.74) is 1.48. The van der Waals surface area contributed by atoms with Crippen molar-refractivity contribution in [1.29, 1.82) is 0 Å². The molecule has 2 bridgehead atoms. The minimum atomic E-state index is -0.918. The van der Waals surface area contributed by atoms with E-state index in [0.29, 0.717) is 23.3 Å². The first-order chi connectivity index (χ1) is 18.6. The van der Waals surface area contributed by atoms with Crippen LogP contribution in [0.1, 0.15) is 12.0 Å². The van der Waals surface area contributed by atoms with E-state index in [1.807, 2.05) is 60.7 Å². The molecule has 4 aliphatic carbocycles. The van der Waals surface area contributed by atoms with E-state index in [-0.39, 0.29) is 47.8 Å². The van der Waals surface area contributed by atoms with E-state index >= 15 is 0 Å². The molecule has 38 heavy (non-hydrogen) atoms. The van der Waals surface area contributed by atoms with Crippen LogP contribution in [0.3, 0.4) is 0 Å². The molecule has 3 fully saturated rings. The van der Waals surface area contributed by atoms with Gasteiger partial charge in [-0.25, -0.2) is 0 Å². The maximum Gasteiger partial charge on any atom is 0.248 e. The Labute approximate surface area is 221 Å². The lowest BCUT2D eigenvalue weighted by atomic mass is 9.63. The Morgan fingerprint density at radius 1 is 0.789 bits per heavy atom. The van der Waals surface area contributed by atoms with Gasteiger partial charge in [0.2, 0.25) is 17.7 Å². The number of rotatable bonds is 7. The van der Waals surface area contributed by atoms with Crippen molar-refractivity contribution in [3.63, 3.8) is 0 Å². The first kappa shape index (κ1) is 23.0. The van der Waals surface area contributed by atoms with Crippen LogP contribution >= 0.6 is 0 Å². The van der Waals surface area contributed by atoms with Gasteiger partial charge in [-0.1, -0.05) is 60.7 Å². The van der Waals surface area contributed by atoms with E-state index in [9.17, 15) is 14.4 Å². The number of anilines is 1. The maximum atomic E-state index is 13.8. The zero-order valence-electron chi connectivity index (χ0n) is 20.8. The third kappa shape index (κ3) is 3.83. The normalized spacial score (nSPS) is 29.0. The Bertz CT molecular complexity index is 1380. The highest BCUT2D eigenvalue weighted by Gasteiger charge is 2.67. The molecule has 6 nitrogen and oxygen atoms in total.